The molecular formula is C16H16Br2O2. The van der Waals surface area contributed by atoms with E-state index in [1.165, 1.54) is 0 Å². The standard InChI is InChI=1S/C16H16Br2O2/c1-2-9-20-15-6-4-3-5-12(15)16(19)13-10-11(17)7-8-14(13)18/h3-8,10,16,19H,2,9H2,1H3. The summed E-state index contributed by atoms with van der Waals surface area (Å²) >= 11 is 6.92. The molecule has 0 saturated heterocycles. The fourth-order valence-electron chi connectivity index (χ4n) is 1.94. The van der Waals surface area contributed by atoms with E-state index in [0.717, 1.165) is 32.2 Å². The molecule has 0 heterocycles. The fraction of sp³-hybridized carbons (Fsp3) is 0.250. The van der Waals surface area contributed by atoms with Gasteiger partial charge in [0.15, 0.2) is 0 Å². The van der Waals surface area contributed by atoms with Crippen molar-refractivity contribution in [3.8, 4) is 5.75 Å². The van der Waals surface area contributed by atoms with Crippen molar-refractivity contribution in [3.63, 3.8) is 0 Å². The molecule has 20 heavy (non-hydrogen) atoms. The van der Waals surface area contributed by atoms with Gasteiger partial charge in [-0.05, 0) is 30.7 Å². The first-order valence-electron chi connectivity index (χ1n) is 6.48. The molecule has 0 aliphatic rings. The molecule has 2 rings (SSSR count). The lowest BCUT2D eigenvalue weighted by atomic mass is 10.0. The van der Waals surface area contributed by atoms with Gasteiger partial charge in [0, 0.05) is 20.1 Å². The minimum atomic E-state index is -0.727. The second-order valence-corrected chi connectivity index (χ2v) is 6.22. The van der Waals surface area contributed by atoms with E-state index in [2.05, 4.69) is 38.8 Å². The molecule has 1 N–H and O–H groups in total. The van der Waals surface area contributed by atoms with Gasteiger partial charge < -0.3 is 9.84 Å². The van der Waals surface area contributed by atoms with Gasteiger partial charge in [0.1, 0.15) is 11.9 Å². The Morgan fingerprint density at radius 1 is 1.10 bits per heavy atom. The Bertz CT molecular complexity index is 584. The van der Waals surface area contributed by atoms with Gasteiger partial charge in [-0.15, -0.1) is 0 Å². The molecule has 4 heteroatoms. The quantitative estimate of drug-likeness (QED) is 0.759. The normalized spacial score (nSPS) is 12.2. The summed E-state index contributed by atoms with van der Waals surface area (Å²) < 4.78 is 7.52. The maximum absolute atomic E-state index is 10.6. The minimum absolute atomic E-state index is 0.642. The molecule has 0 aliphatic heterocycles. The highest BCUT2D eigenvalue weighted by atomic mass is 79.9. The maximum Gasteiger partial charge on any atom is 0.125 e. The van der Waals surface area contributed by atoms with Crippen LogP contribution in [0.4, 0.5) is 0 Å². The summed E-state index contributed by atoms with van der Waals surface area (Å²) in [6.45, 7) is 2.70. The van der Waals surface area contributed by atoms with E-state index in [0.29, 0.717) is 6.61 Å². The van der Waals surface area contributed by atoms with Crippen molar-refractivity contribution in [1.29, 1.82) is 0 Å². The number of para-hydroxylation sites is 1. The van der Waals surface area contributed by atoms with E-state index >= 15 is 0 Å². The lowest BCUT2D eigenvalue weighted by molar-refractivity contribution is 0.210. The SMILES string of the molecule is CCCOc1ccccc1C(O)c1cc(Br)ccc1Br. The predicted molar refractivity (Wildman–Crippen MR) is 88.1 cm³/mol. The van der Waals surface area contributed by atoms with E-state index in [1.807, 2.05) is 42.5 Å². The van der Waals surface area contributed by atoms with Crippen LogP contribution in [0.5, 0.6) is 5.75 Å². The van der Waals surface area contributed by atoms with Gasteiger partial charge in [0.25, 0.3) is 0 Å². The predicted octanol–water partition coefficient (Wildman–Crippen LogP) is 5.08. The zero-order chi connectivity index (χ0) is 14.5. The summed E-state index contributed by atoms with van der Waals surface area (Å²) in [5, 5.41) is 10.6. The number of hydrogen-bond donors (Lipinski definition) is 1. The first-order chi connectivity index (χ1) is 9.63. The third-order valence-corrected chi connectivity index (χ3v) is 4.14. The van der Waals surface area contributed by atoms with Crippen molar-refractivity contribution >= 4 is 31.9 Å². The summed E-state index contributed by atoms with van der Waals surface area (Å²) in [6, 6.07) is 13.4. The van der Waals surface area contributed by atoms with Crippen molar-refractivity contribution in [2.45, 2.75) is 19.4 Å². The molecule has 0 fully saturated rings. The van der Waals surface area contributed by atoms with Crippen LogP contribution in [0.3, 0.4) is 0 Å². The fourth-order valence-corrected chi connectivity index (χ4v) is 2.78. The first-order valence-corrected chi connectivity index (χ1v) is 8.06. The van der Waals surface area contributed by atoms with Crippen molar-refractivity contribution in [3.05, 3.63) is 62.5 Å². The summed E-state index contributed by atoms with van der Waals surface area (Å²) in [6.07, 6.45) is 0.209. The Balaban J connectivity index is 2.37. The van der Waals surface area contributed by atoms with Crippen LogP contribution in [0.15, 0.2) is 51.4 Å². The van der Waals surface area contributed by atoms with E-state index in [1.54, 1.807) is 0 Å². The van der Waals surface area contributed by atoms with E-state index in [4.69, 9.17) is 4.74 Å². The van der Waals surface area contributed by atoms with Gasteiger partial charge in [-0.2, -0.15) is 0 Å². The summed E-state index contributed by atoms with van der Waals surface area (Å²) in [7, 11) is 0. The largest absolute Gasteiger partial charge is 0.493 e. The number of halogens is 2. The van der Waals surface area contributed by atoms with Crippen LogP contribution < -0.4 is 4.74 Å². The minimum Gasteiger partial charge on any atom is -0.493 e. The Morgan fingerprint density at radius 2 is 1.85 bits per heavy atom. The number of ether oxygens (including phenoxy) is 1. The molecule has 2 aromatic carbocycles. The summed E-state index contributed by atoms with van der Waals surface area (Å²) in [5.74, 6) is 0.730. The average Bonchev–Trinajstić information content (AvgIpc) is 2.47. The van der Waals surface area contributed by atoms with Crippen molar-refractivity contribution < 1.29 is 9.84 Å². The summed E-state index contributed by atoms with van der Waals surface area (Å²) in [5.41, 5.74) is 1.59. The highest BCUT2D eigenvalue weighted by molar-refractivity contribution is 9.11. The van der Waals surface area contributed by atoms with E-state index < -0.39 is 6.10 Å². The number of aliphatic hydroxyl groups is 1. The topological polar surface area (TPSA) is 29.5 Å². The number of rotatable bonds is 5. The molecule has 0 radical (unpaired) electrons. The number of benzene rings is 2. The van der Waals surface area contributed by atoms with Crippen LogP contribution in [0.2, 0.25) is 0 Å². The number of hydrogen-bond acceptors (Lipinski definition) is 2. The highest BCUT2D eigenvalue weighted by Gasteiger charge is 2.18. The molecule has 1 atom stereocenters. The Labute approximate surface area is 136 Å². The van der Waals surface area contributed by atoms with Gasteiger partial charge in [-0.3, -0.25) is 0 Å². The van der Waals surface area contributed by atoms with Crippen LogP contribution in [0.1, 0.15) is 30.6 Å². The van der Waals surface area contributed by atoms with Gasteiger partial charge >= 0.3 is 0 Å². The third-order valence-electron chi connectivity index (χ3n) is 2.93. The Kier molecular flexibility index (Phi) is 5.64. The van der Waals surface area contributed by atoms with Crippen LogP contribution in [-0.4, -0.2) is 11.7 Å². The Hall–Kier alpha value is -0.840. The second kappa shape index (κ2) is 7.25. The van der Waals surface area contributed by atoms with Crippen LogP contribution in [0, 0.1) is 0 Å². The van der Waals surface area contributed by atoms with Gasteiger partial charge in [-0.1, -0.05) is 57.0 Å². The Morgan fingerprint density at radius 3 is 2.60 bits per heavy atom. The van der Waals surface area contributed by atoms with Crippen molar-refractivity contribution in [2.24, 2.45) is 0 Å². The monoisotopic (exact) mass is 398 g/mol. The highest BCUT2D eigenvalue weighted by Crippen LogP contribution is 2.35. The number of aliphatic hydroxyl groups excluding tert-OH is 1. The zero-order valence-electron chi connectivity index (χ0n) is 11.1. The third kappa shape index (κ3) is 3.62. The van der Waals surface area contributed by atoms with Crippen molar-refractivity contribution in [1.82, 2.24) is 0 Å². The molecule has 0 aliphatic carbocycles. The molecule has 2 nitrogen and oxygen atoms in total. The first kappa shape index (κ1) is 15.5. The molecule has 106 valence electrons. The van der Waals surface area contributed by atoms with Crippen molar-refractivity contribution in [2.75, 3.05) is 6.61 Å². The van der Waals surface area contributed by atoms with Gasteiger partial charge in [0.05, 0.1) is 6.61 Å². The molecule has 2 aromatic rings. The molecule has 0 bridgehead atoms. The smallest absolute Gasteiger partial charge is 0.125 e. The molecule has 0 aromatic heterocycles. The molecular weight excluding hydrogens is 384 g/mol. The average molecular weight is 400 g/mol. The molecule has 1 unspecified atom stereocenters. The van der Waals surface area contributed by atoms with E-state index in [-0.39, 0.29) is 0 Å². The van der Waals surface area contributed by atoms with Gasteiger partial charge in [-0.25, -0.2) is 0 Å². The van der Waals surface area contributed by atoms with E-state index in [9.17, 15) is 5.11 Å². The lowest BCUT2D eigenvalue weighted by Gasteiger charge is -2.17. The summed E-state index contributed by atoms with van der Waals surface area (Å²) in [4.78, 5) is 0. The maximum atomic E-state index is 10.6. The molecule has 0 spiro atoms. The van der Waals surface area contributed by atoms with Crippen LogP contribution in [0.25, 0.3) is 0 Å². The second-order valence-electron chi connectivity index (χ2n) is 4.45. The molecule has 0 saturated carbocycles. The van der Waals surface area contributed by atoms with Crippen LogP contribution >= 0.6 is 31.9 Å². The molecule has 0 amide bonds. The van der Waals surface area contributed by atoms with Crippen LogP contribution in [-0.2, 0) is 0 Å². The lowest BCUT2D eigenvalue weighted by Crippen LogP contribution is -2.05. The van der Waals surface area contributed by atoms with Gasteiger partial charge in [0.2, 0.25) is 0 Å². The zero-order valence-corrected chi connectivity index (χ0v) is 14.3.